The van der Waals surface area contributed by atoms with E-state index in [2.05, 4.69) is 34.9 Å². The number of fused-ring (bicyclic) bond motifs is 3. The summed E-state index contributed by atoms with van der Waals surface area (Å²) < 4.78 is 5.67. The number of hydrogen-bond donors (Lipinski definition) is 3. The summed E-state index contributed by atoms with van der Waals surface area (Å²) in [6, 6.07) is 16.3. The fourth-order valence-electron chi connectivity index (χ4n) is 5.40. The second kappa shape index (κ2) is 10.9. The molecular weight excluding hydrogens is 444 g/mol. The van der Waals surface area contributed by atoms with Crippen LogP contribution in [0.25, 0.3) is 11.1 Å². The molecule has 1 unspecified atom stereocenters. The number of hydrogen-bond acceptors (Lipinski definition) is 4. The summed E-state index contributed by atoms with van der Waals surface area (Å²) in [4.78, 5) is 36.5. The van der Waals surface area contributed by atoms with Gasteiger partial charge in [0.05, 0.1) is 5.92 Å². The van der Waals surface area contributed by atoms with E-state index in [0.29, 0.717) is 0 Å². The van der Waals surface area contributed by atoms with Crippen LogP contribution in [0, 0.1) is 17.8 Å². The van der Waals surface area contributed by atoms with Gasteiger partial charge in [-0.25, -0.2) is 4.79 Å². The molecule has 0 bridgehead atoms. The molecule has 2 amide bonds. The molecule has 2 aliphatic rings. The molecule has 0 radical (unpaired) electrons. The highest BCUT2D eigenvalue weighted by atomic mass is 16.5. The first-order chi connectivity index (χ1) is 16.8. The molecule has 186 valence electrons. The van der Waals surface area contributed by atoms with Crippen LogP contribution in [-0.2, 0) is 14.3 Å². The van der Waals surface area contributed by atoms with E-state index < -0.39 is 18.0 Å². The number of amides is 2. The molecule has 7 nitrogen and oxygen atoms in total. The predicted octanol–water partition coefficient (Wildman–Crippen LogP) is 4.56. The van der Waals surface area contributed by atoms with Gasteiger partial charge in [-0.2, -0.15) is 0 Å². The molecule has 7 heteroatoms. The molecule has 0 spiro atoms. The van der Waals surface area contributed by atoms with Gasteiger partial charge in [0, 0.05) is 24.9 Å². The van der Waals surface area contributed by atoms with E-state index in [9.17, 15) is 19.5 Å². The maximum atomic E-state index is 12.7. The first-order valence-corrected chi connectivity index (χ1v) is 12.5. The summed E-state index contributed by atoms with van der Waals surface area (Å²) in [5.41, 5.74) is 4.69. The van der Waals surface area contributed by atoms with Crippen molar-refractivity contribution in [3.63, 3.8) is 0 Å². The molecule has 0 heterocycles. The van der Waals surface area contributed by atoms with Gasteiger partial charge in [-0.3, -0.25) is 9.59 Å². The number of carbonyl (C=O) groups is 3. The fraction of sp³-hybridized carbons (Fsp3) is 0.464. The highest BCUT2D eigenvalue weighted by molar-refractivity contribution is 5.79. The lowest BCUT2D eigenvalue weighted by Crippen LogP contribution is -2.41. The Morgan fingerprint density at radius 3 is 2.23 bits per heavy atom. The Balaban J connectivity index is 1.29. The van der Waals surface area contributed by atoms with Gasteiger partial charge in [0.15, 0.2) is 0 Å². The van der Waals surface area contributed by atoms with Crippen LogP contribution in [0.1, 0.15) is 56.6 Å². The number of carboxylic acid groups (broad SMARTS) is 1. The van der Waals surface area contributed by atoms with Crippen molar-refractivity contribution in [1.82, 2.24) is 10.6 Å². The summed E-state index contributed by atoms with van der Waals surface area (Å²) in [7, 11) is 0. The molecule has 3 atom stereocenters. The average Bonchev–Trinajstić information content (AvgIpc) is 3.39. The van der Waals surface area contributed by atoms with E-state index in [1.807, 2.05) is 38.1 Å². The Bertz CT molecular complexity index is 1040. The fourth-order valence-corrected chi connectivity index (χ4v) is 5.40. The van der Waals surface area contributed by atoms with Crippen molar-refractivity contribution in [3.8, 4) is 11.1 Å². The first kappa shape index (κ1) is 24.8. The van der Waals surface area contributed by atoms with E-state index >= 15 is 0 Å². The van der Waals surface area contributed by atoms with Crippen molar-refractivity contribution in [3.05, 3.63) is 59.7 Å². The number of rotatable bonds is 9. The van der Waals surface area contributed by atoms with Crippen LogP contribution >= 0.6 is 0 Å². The third-order valence-corrected chi connectivity index (χ3v) is 7.39. The van der Waals surface area contributed by atoms with Crippen LogP contribution < -0.4 is 10.6 Å². The Hall–Kier alpha value is -3.35. The second-order valence-corrected chi connectivity index (χ2v) is 9.96. The highest BCUT2D eigenvalue weighted by Crippen LogP contribution is 2.44. The molecule has 0 aliphatic heterocycles. The summed E-state index contributed by atoms with van der Waals surface area (Å²) in [6.45, 7) is 4.03. The van der Waals surface area contributed by atoms with Gasteiger partial charge in [0.2, 0.25) is 5.91 Å². The van der Waals surface area contributed by atoms with E-state index in [-0.39, 0.29) is 49.3 Å². The maximum absolute atomic E-state index is 12.7. The molecule has 2 aliphatic carbocycles. The third-order valence-electron chi connectivity index (χ3n) is 7.39. The molecule has 1 saturated carbocycles. The lowest BCUT2D eigenvalue weighted by Gasteiger charge is -2.22. The number of carboxylic acids is 1. The number of aliphatic carboxylic acids is 1. The van der Waals surface area contributed by atoms with Crippen molar-refractivity contribution in [2.75, 3.05) is 13.2 Å². The standard InChI is InChI=1S/C28H34N2O5/c1-17(2)23(27(32)33)15-29-26(31)14-18-8-7-13-25(18)30-28(34)35-16-24-21-11-5-3-9-19(21)20-10-4-6-12-22(20)24/h3-6,9-12,17-18,23-25H,7-8,13-16H2,1-2H3,(H,29,31)(H,30,34)(H,32,33)/t18-,23?,25+/m0/s1. The molecule has 4 rings (SSSR count). The summed E-state index contributed by atoms with van der Waals surface area (Å²) in [5, 5.41) is 15.0. The normalized spacial score (nSPS) is 19.6. The van der Waals surface area contributed by atoms with Gasteiger partial charge in [-0.15, -0.1) is 0 Å². The van der Waals surface area contributed by atoms with Gasteiger partial charge in [0.1, 0.15) is 6.61 Å². The van der Waals surface area contributed by atoms with Gasteiger partial charge in [-0.1, -0.05) is 68.8 Å². The van der Waals surface area contributed by atoms with Crippen LogP contribution in [0.4, 0.5) is 4.79 Å². The quantitative estimate of drug-likeness (QED) is 0.490. The smallest absolute Gasteiger partial charge is 0.407 e. The lowest BCUT2D eigenvalue weighted by atomic mass is 9.95. The van der Waals surface area contributed by atoms with E-state index in [0.717, 1.165) is 30.4 Å². The average molecular weight is 479 g/mol. The van der Waals surface area contributed by atoms with Crippen LogP contribution in [0.2, 0.25) is 0 Å². The maximum Gasteiger partial charge on any atom is 0.407 e. The van der Waals surface area contributed by atoms with Crippen LogP contribution in [0.5, 0.6) is 0 Å². The van der Waals surface area contributed by atoms with Gasteiger partial charge in [0.25, 0.3) is 0 Å². The molecule has 1 fully saturated rings. The zero-order valence-corrected chi connectivity index (χ0v) is 20.3. The van der Waals surface area contributed by atoms with E-state index in [1.165, 1.54) is 11.1 Å². The van der Waals surface area contributed by atoms with Crippen LogP contribution in [0.15, 0.2) is 48.5 Å². The Labute approximate surface area is 206 Å². The molecule has 35 heavy (non-hydrogen) atoms. The first-order valence-electron chi connectivity index (χ1n) is 12.5. The van der Waals surface area contributed by atoms with Crippen molar-refractivity contribution in [1.29, 1.82) is 0 Å². The SMILES string of the molecule is CC(C)C(CNC(=O)C[C@@H]1CCC[C@H]1NC(=O)OCC1c2ccccc2-c2ccccc21)C(=O)O. The molecular formula is C28H34N2O5. The van der Waals surface area contributed by atoms with Gasteiger partial charge < -0.3 is 20.5 Å². The summed E-state index contributed by atoms with van der Waals surface area (Å²) in [5.74, 6) is -1.75. The number of benzene rings is 2. The topological polar surface area (TPSA) is 105 Å². The van der Waals surface area contributed by atoms with E-state index in [4.69, 9.17) is 4.74 Å². The van der Waals surface area contributed by atoms with Crippen LogP contribution in [0.3, 0.4) is 0 Å². The minimum Gasteiger partial charge on any atom is -0.481 e. The minimum absolute atomic E-state index is 0.00133. The second-order valence-electron chi connectivity index (χ2n) is 9.96. The molecule has 2 aromatic rings. The molecule has 0 saturated heterocycles. The summed E-state index contributed by atoms with van der Waals surface area (Å²) >= 11 is 0. The molecule has 3 N–H and O–H groups in total. The largest absolute Gasteiger partial charge is 0.481 e. The number of carbonyl (C=O) groups excluding carboxylic acids is 2. The molecule has 2 aromatic carbocycles. The van der Waals surface area contributed by atoms with Crippen molar-refractivity contribution in [2.24, 2.45) is 17.8 Å². The zero-order valence-electron chi connectivity index (χ0n) is 20.3. The summed E-state index contributed by atoms with van der Waals surface area (Å²) in [6.07, 6.45) is 2.37. The number of nitrogens with one attached hydrogen (secondary N) is 2. The zero-order chi connectivity index (χ0) is 24.9. The Morgan fingerprint density at radius 1 is 1.00 bits per heavy atom. The van der Waals surface area contributed by atoms with Gasteiger partial charge >= 0.3 is 12.1 Å². The predicted molar refractivity (Wildman–Crippen MR) is 133 cm³/mol. The highest BCUT2D eigenvalue weighted by Gasteiger charge is 2.33. The monoisotopic (exact) mass is 478 g/mol. The third kappa shape index (κ3) is 5.66. The Kier molecular flexibility index (Phi) is 7.73. The van der Waals surface area contributed by atoms with E-state index in [1.54, 1.807) is 0 Å². The van der Waals surface area contributed by atoms with Crippen molar-refractivity contribution < 1.29 is 24.2 Å². The van der Waals surface area contributed by atoms with Crippen LogP contribution in [-0.4, -0.2) is 42.3 Å². The van der Waals surface area contributed by atoms with Crippen molar-refractivity contribution >= 4 is 18.0 Å². The molecule has 0 aromatic heterocycles. The number of alkyl carbamates (subject to hydrolysis) is 1. The number of ether oxygens (including phenoxy) is 1. The lowest BCUT2D eigenvalue weighted by molar-refractivity contribution is -0.143. The minimum atomic E-state index is -0.907. The Morgan fingerprint density at radius 2 is 1.63 bits per heavy atom. The van der Waals surface area contributed by atoms with Gasteiger partial charge in [-0.05, 0) is 46.9 Å². The van der Waals surface area contributed by atoms with Crippen molar-refractivity contribution in [2.45, 2.75) is 51.5 Å².